The number of nitrogens with one attached hydrogen (secondary N) is 1. The van der Waals surface area contributed by atoms with Crippen molar-refractivity contribution in [1.29, 1.82) is 0 Å². The fourth-order valence-electron chi connectivity index (χ4n) is 2.44. The fraction of sp³-hybridized carbons (Fsp3) is 0.650. The van der Waals surface area contributed by atoms with Crippen molar-refractivity contribution in [2.24, 2.45) is 0 Å². The van der Waals surface area contributed by atoms with Gasteiger partial charge in [-0.15, -0.1) is 0 Å². The van der Waals surface area contributed by atoms with Gasteiger partial charge in [-0.3, -0.25) is 0 Å². The minimum absolute atomic E-state index is 0.493. The van der Waals surface area contributed by atoms with Crippen LogP contribution in [0.1, 0.15) is 81.3 Å². The third-order valence-electron chi connectivity index (χ3n) is 3.76. The Balaban J connectivity index is 0.000000688. The van der Waals surface area contributed by atoms with Gasteiger partial charge in [0.05, 0.1) is 5.56 Å². The van der Waals surface area contributed by atoms with Gasteiger partial charge in [0.2, 0.25) is 0 Å². The molecule has 0 aliphatic carbocycles. The van der Waals surface area contributed by atoms with E-state index in [9.17, 15) is 9.90 Å². The van der Waals surface area contributed by atoms with Crippen molar-refractivity contribution < 1.29 is 9.90 Å². The highest BCUT2D eigenvalue weighted by atomic mass is 16.4. The molecule has 0 saturated heterocycles. The van der Waals surface area contributed by atoms with Crippen molar-refractivity contribution in [2.75, 3.05) is 13.1 Å². The molecule has 0 spiro atoms. The summed E-state index contributed by atoms with van der Waals surface area (Å²) < 4.78 is 0. The van der Waals surface area contributed by atoms with E-state index in [4.69, 9.17) is 0 Å². The van der Waals surface area contributed by atoms with Crippen molar-refractivity contribution in [3.05, 3.63) is 34.9 Å². The highest BCUT2D eigenvalue weighted by Gasteiger charge is 2.12. The first kappa shape index (κ1) is 21.6. The van der Waals surface area contributed by atoms with Crippen LogP contribution in [-0.4, -0.2) is 24.2 Å². The second kappa shape index (κ2) is 14.3. The summed E-state index contributed by atoms with van der Waals surface area (Å²) in [4.78, 5) is 11.2. The molecule has 2 N–H and O–H groups in total. The van der Waals surface area contributed by atoms with E-state index in [0.717, 1.165) is 57.2 Å². The standard InChI is InChI=1S/C15H22O2.C5H13N/c1-3-5-8-12-9-7-11-14(15(16)17)13(12)10-6-4-2;1-3-5-6-4-2/h7,9,11H,3-6,8,10H2,1-2H3,(H,16,17);6H,3-5H2,1-2H3. The van der Waals surface area contributed by atoms with Crippen molar-refractivity contribution >= 4 is 5.97 Å². The van der Waals surface area contributed by atoms with Gasteiger partial charge in [-0.25, -0.2) is 4.79 Å². The smallest absolute Gasteiger partial charge is 0.335 e. The lowest BCUT2D eigenvalue weighted by molar-refractivity contribution is 0.0695. The predicted octanol–water partition coefficient (Wildman–Crippen LogP) is 5.08. The lowest BCUT2D eigenvalue weighted by atomic mass is 9.93. The predicted molar refractivity (Wildman–Crippen MR) is 99.5 cm³/mol. The van der Waals surface area contributed by atoms with Crippen molar-refractivity contribution in [3.63, 3.8) is 0 Å². The van der Waals surface area contributed by atoms with E-state index in [1.54, 1.807) is 6.07 Å². The van der Waals surface area contributed by atoms with Gasteiger partial charge in [-0.05, 0) is 62.4 Å². The van der Waals surface area contributed by atoms with Gasteiger partial charge < -0.3 is 10.4 Å². The van der Waals surface area contributed by atoms with Gasteiger partial charge in [-0.1, -0.05) is 52.7 Å². The number of benzene rings is 1. The Morgan fingerprint density at radius 2 is 1.65 bits per heavy atom. The van der Waals surface area contributed by atoms with Crippen LogP contribution in [0.2, 0.25) is 0 Å². The van der Waals surface area contributed by atoms with Gasteiger partial charge in [0.1, 0.15) is 0 Å². The molecule has 0 unspecified atom stereocenters. The Kier molecular flexibility index (Phi) is 13.4. The van der Waals surface area contributed by atoms with Crippen molar-refractivity contribution in [1.82, 2.24) is 5.32 Å². The summed E-state index contributed by atoms with van der Waals surface area (Å²) in [5.74, 6) is -0.797. The van der Waals surface area contributed by atoms with Gasteiger partial charge in [0.25, 0.3) is 0 Å². The maximum Gasteiger partial charge on any atom is 0.335 e. The van der Waals surface area contributed by atoms with Crippen LogP contribution < -0.4 is 5.32 Å². The summed E-state index contributed by atoms with van der Waals surface area (Å²) in [6.45, 7) is 10.9. The van der Waals surface area contributed by atoms with Gasteiger partial charge >= 0.3 is 5.97 Å². The van der Waals surface area contributed by atoms with E-state index in [2.05, 4.69) is 39.1 Å². The van der Waals surface area contributed by atoms with Crippen LogP contribution in [0.25, 0.3) is 0 Å². The number of rotatable bonds is 10. The zero-order valence-electron chi connectivity index (χ0n) is 15.5. The molecule has 1 rings (SSSR count). The number of hydrogen-bond donors (Lipinski definition) is 2. The van der Waals surface area contributed by atoms with Crippen LogP contribution in [-0.2, 0) is 12.8 Å². The van der Waals surface area contributed by atoms with Crippen LogP contribution in [0, 0.1) is 0 Å². The second-order valence-corrected chi connectivity index (χ2v) is 5.81. The molecule has 3 nitrogen and oxygen atoms in total. The Morgan fingerprint density at radius 1 is 1.00 bits per heavy atom. The van der Waals surface area contributed by atoms with E-state index in [1.807, 2.05) is 6.07 Å². The molecular formula is C20H35NO2. The molecule has 0 radical (unpaired) electrons. The minimum atomic E-state index is -0.797. The molecule has 0 aromatic heterocycles. The van der Waals surface area contributed by atoms with Crippen LogP contribution in [0.3, 0.4) is 0 Å². The molecule has 0 fully saturated rings. The lowest BCUT2D eigenvalue weighted by Crippen LogP contribution is -2.12. The SMILES string of the molecule is CCCCc1cccc(C(=O)O)c1CCCC.CCCNCC. The van der Waals surface area contributed by atoms with Crippen LogP contribution in [0.15, 0.2) is 18.2 Å². The van der Waals surface area contributed by atoms with E-state index < -0.39 is 5.97 Å². The Hall–Kier alpha value is -1.35. The fourth-order valence-corrected chi connectivity index (χ4v) is 2.44. The summed E-state index contributed by atoms with van der Waals surface area (Å²) in [6.07, 6.45) is 7.56. The van der Waals surface area contributed by atoms with E-state index in [1.165, 1.54) is 12.0 Å². The molecule has 23 heavy (non-hydrogen) atoms. The molecule has 0 amide bonds. The first-order valence-electron chi connectivity index (χ1n) is 9.16. The maximum absolute atomic E-state index is 11.2. The number of carboxylic acid groups (broad SMARTS) is 1. The Labute approximate surface area is 142 Å². The molecule has 132 valence electrons. The van der Waals surface area contributed by atoms with Gasteiger partial charge in [0, 0.05) is 0 Å². The van der Waals surface area contributed by atoms with Crippen LogP contribution >= 0.6 is 0 Å². The van der Waals surface area contributed by atoms with E-state index in [0.29, 0.717) is 5.56 Å². The first-order valence-corrected chi connectivity index (χ1v) is 9.16. The normalized spacial score (nSPS) is 10.1. The van der Waals surface area contributed by atoms with Gasteiger partial charge in [-0.2, -0.15) is 0 Å². The number of hydrogen-bond acceptors (Lipinski definition) is 2. The average molecular weight is 322 g/mol. The largest absolute Gasteiger partial charge is 0.478 e. The second-order valence-electron chi connectivity index (χ2n) is 5.81. The summed E-state index contributed by atoms with van der Waals surface area (Å²) in [6, 6.07) is 5.67. The molecule has 0 saturated carbocycles. The average Bonchev–Trinajstić information content (AvgIpc) is 2.56. The molecular weight excluding hydrogens is 286 g/mol. The number of unbranched alkanes of at least 4 members (excludes halogenated alkanes) is 2. The van der Waals surface area contributed by atoms with E-state index >= 15 is 0 Å². The number of aryl methyl sites for hydroxylation is 1. The zero-order valence-corrected chi connectivity index (χ0v) is 15.5. The van der Waals surface area contributed by atoms with E-state index in [-0.39, 0.29) is 0 Å². The Morgan fingerprint density at radius 3 is 2.13 bits per heavy atom. The van der Waals surface area contributed by atoms with Gasteiger partial charge in [0.15, 0.2) is 0 Å². The molecule has 1 aromatic carbocycles. The molecule has 0 aliphatic rings. The third kappa shape index (κ3) is 9.39. The van der Waals surface area contributed by atoms with Crippen molar-refractivity contribution in [3.8, 4) is 0 Å². The molecule has 3 heteroatoms. The highest BCUT2D eigenvalue weighted by molar-refractivity contribution is 5.89. The number of carbonyl (C=O) groups is 1. The molecule has 0 aliphatic heterocycles. The quantitative estimate of drug-likeness (QED) is 0.591. The number of carboxylic acids is 1. The monoisotopic (exact) mass is 321 g/mol. The minimum Gasteiger partial charge on any atom is -0.478 e. The summed E-state index contributed by atoms with van der Waals surface area (Å²) in [5.41, 5.74) is 2.77. The molecule has 0 atom stereocenters. The Bertz CT molecular complexity index is 426. The van der Waals surface area contributed by atoms with Crippen molar-refractivity contribution in [2.45, 2.75) is 72.6 Å². The molecule has 0 bridgehead atoms. The van der Waals surface area contributed by atoms with Crippen LogP contribution in [0.4, 0.5) is 0 Å². The third-order valence-corrected chi connectivity index (χ3v) is 3.76. The summed E-state index contributed by atoms with van der Waals surface area (Å²) in [7, 11) is 0. The first-order chi connectivity index (χ1) is 11.1. The summed E-state index contributed by atoms with van der Waals surface area (Å²) >= 11 is 0. The summed E-state index contributed by atoms with van der Waals surface area (Å²) in [5, 5.41) is 12.4. The zero-order chi connectivity index (χ0) is 17.5. The molecule has 1 aromatic rings. The number of aromatic carboxylic acids is 1. The molecule has 0 heterocycles. The lowest BCUT2D eigenvalue weighted by Gasteiger charge is -2.12. The maximum atomic E-state index is 11.2. The topological polar surface area (TPSA) is 49.3 Å². The van der Waals surface area contributed by atoms with Crippen LogP contribution in [0.5, 0.6) is 0 Å². The highest BCUT2D eigenvalue weighted by Crippen LogP contribution is 2.20.